The summed E-state index contributed by atoms with van der Waals surface area (Å²) in [6, 6.07) is 11.9. The predicted molar refractivity (Wildman–Crippen MR) is 113 cm³/mol. The van der Waals surface area contributed by atoms with E-state index >= 15 is 0 Å². The van der Waals surface area contributed by atoms with Gasteiger partial charge in [0.05, 0.1) is 24.3 Å². The molecule has 178 valence electrons. The van der Waals surface area contributed by atoms with Crippen LogP contribution in [0.25, 0.3) is 0 Å². The number of fused-ring (bicyclic) bond motifs is 1. The lowest BCUT2D eigenvalue weighted by Crippen LogP contribution is -2.36. The highest BCUT2D eigenvalue weighted by atomic mass is 16.7. The van der Waals surface area contributed by atoms with Gasteiger partial charge >= 0.3 is 23.9 Å². The maximum absolute atomic E-state index is 12.5. The second-order valence-electron chi connectivity index (χ2n) is 7.72. The second kappa shape index (κ2) is 10.0. The van der Waals surface area contributed by atoms with Gasteiger partial charge in [-0.3, -0.25) is 9.59 Å². The first-order chi connectivity index (χ1) is 16.3. The Labute approximate surface area is 194 Å². The normalized spacial score (nSPS) is 23.0. The lowest BCUT2D eigenvalue weighted by molar-refractivity contribution is -0.132. The van der Waals surface area contributed by atoms with Gasteiger partial charge in [0.1, 0.15) is 23.7 Å². The molecule has 0 N–H and O–H groups in total. The van der Waals surface area contributed by atoms with Crippen molar-refractivity contribution in [2.24, 2.45) is 0 Å². The Bertz CT molecular complexity index is 988. The van der Waals surface area contributed by atoms with Crippen molar-refractivity contribution in [2.75, 3.05) is 13.2 Å². The molecular formula is C24H22O10. The van der Waals surface area contributed by atoms with E-state index in [1.807, 2.05) is 0 Å². The first-order valence-electron chi connectivity index (χ1n) is 10.5. The van der Waals surface area contributed by atoms with E-state index in [1.165, 1.54) is 62.4 Å². The van der Waals surface area contributed by atoms with Crippen molar-refractivity contribution in [3.63, 3.8) is 0 Å². The highest BCUT2D eigenvalue weighted by molar-refractivity contribution is 5.90. The highest BCUT2D eigenvalue weighted by Gasteiger charge is 2.51. The van der Waals surface area contributed by atoms with Crippen molar-refractivity contribution in [1.82, 2.24) is 0 Å². The van der Waals surface area contributed by atoms with Gasteiger partial charge in [-0.1, -0.05) is 0 Å². The first kappa shape index (κ1) is 23.4. The van der Waals surface area contributed by atoms with Crippen LogP contribution in [0, 0.1) is 0 Å². The van der Waals surface area contributed by atoms with Gasteiger partial charge in [0.2, 0.25) is 0 Å². The number of hydrogen-bond donors (Lipinski definition) is 0. The van der Waals surface area contributed by atoms with Gasteiger partial charge in [0.15, 0.2) is 12.2 Å². The molecule has 0 bridgehead atoms. The van der Waals surface area contributed by atoms with Crippen molar-refractivity contribution < 1.29 is 47.6 Å². The number of carbonyl (C=O) groups is 4. The van der Waals surface area contributed by atoms with Crippen LogP contribution in [0.4, 0.5) is 0 Å². The van der Waals surface area contributed by atoms with Gasteiger partial charge < -0.3 is 28.4 Å². The maximum Gasteiger partial charge on any atom is 0.338 e. The van der Waals surface area contributed by atoms with Gasteiger partial charge in [0, 0.05) is 13.8 Å². The van der Waals surface area contributed by atoms with E-state index in [2.05, 4.69) is 0 Å². The molecule has 2 aromatic carbocycles. The molecule has 2 heterocycles. The molecule has 4 atom stereocenters. The van der Waals surface area contributed by atoms with Crippen LogP contribution in [0.5, 0.6) is 11.5 Å². The number of esters is 4. The van der Waals surface area contributed by atoms with E-state index in [4.69, 9.17) is 28.4 Å². The number of rotatable bonds is 6. The quantitative estimate of drug-likeness (QED) is 0.458. The predicted octanol–water partition coefficient (Wildman–Crippen LogP) is 2.09. The zero-order chi connectivity index (χ0) is 24.2. The zero-order valence-corrected chi connectivity index (χ0v) is 18.4. The van der Waals surface area contributed by atoms with Crippen molar-refractivity contribution in [3.05, 3.63) is 59.7 Å². The van der Waals surface area contributed by atoms with E-state index < -0.39 is 48.3 Å². The summed E-state index contributed by atoms with van der Waals surface area (Å²) in [5.41, 5.74) is 0.551. The fourth-order valence-corrected chi connectivity index (χ4v) is 3.69. The summed E-state index contributed by atoms with van der Waals surface area (Å²) in [4.78, 5) is 47.0. The highest BCUT2D eigenvalue weighted by Crippen LogP contribution is 2.31. The lowest BCUT2D eigenvalue weighted by Gasteiger charge is -2.17. The topological polar surface area (TPSA) is 124 Å². The van der Waals surface area contributed by atoms with Gasteiger partial charge in [-0.15, -0.1) is 0 Å². The van der Waals surface area contributed by atoms with Gasteiger partial charge in [-0.05, 0) is 48.5 Å². The van der Waals surface area contributed by atoms with Crippen LogP contribution in [0.15, 0.2) is 48.5 Å². The molecule has 2 aromatic rings. The Hall–Kier alpha value is -3.76. The number of hydrogen-bond acceptors (Lipinski definition) is 10. The van der Waals surface area contributed by atoms with Crippen LogP contribution < -0.4 is 9.47 Å². The van der Waals surface area contributed by atoms with Gasteiger partial charge in [-0.2, -0.15) is 0 Å². The van der Waals surface area contributed by atoms with Crippen LogP contribution in [0.3, 0.4) is 0 Å². The first-order valence-corrected chi connectivity index (χ1v) is 10.5. The summed E-state index contributed by atoms with van der Waals surface area (Å²) in [6.45, 7) is 2.76. The van der Waals surface area contributed by atoms with Crippen LogP contribution in [-0.2, 0) is 28.5 Å². The SMILES string of the molecule is CC(=O)Oc1ccc(C(=O)O[C@H]2CO[C@H]3[C@@H]2OC[C@H]3OC(=O)c2ccc(OC(C)=O)cc2)cc1. The number of benzene rings is 2. The summed E-state index contributed by atoms with van der Waals surface area (Å²) < 4.78 is 32.4. The molecule has 0 radical (unpaired) electrons. The molecular weight excluding hydrogens is 448 g/mol. The molecule has 10 heteroatoms. The number of carbonyl (C=O) groups excluding carboxylic acids is 4. The Morgan fingerprint density at radius 3 is 1.32 bits per heavy atom. The Morgan fingerprint density at radius 2 is 1.00 bits per heavy atom. The maximum atomic E-state index is 12.5. The van der Waals surface area contributed by atoms with E-state index in [-0.39, 0.29) is 24.3 Å². The molecule has 2 fully saturated rings. The van der Waals surface area contributed by atoms with Crippen LogP contribution in [0.1, 0.15) is 34.6 Å². The van der Waals surface area contributed by atoms with Crippen molar-refractivity contribution in [1.29, 1.82) is 0 Å². The average Bonchev–Trinajstić information content (AvgIpc) is 3.37. The summed E-state index contributed by atoms with van der Waals surface area (Å²) in [6.07, 6.45) is -2.49. The molecule has 34 heavy (non-hydrogen) atoms. The lowest BCUT2D eigenvalue weighted by atomic mass is 10.1. The van der Waals surface area contributed by atoms with Crippen LogP contribution >= 0.6 is 0 Å². The molecule has 0 spiro atoms. The molecule has 10 nitrogen and oxygen atoms in total. The van der Waals surface area contributed by atoms with E-state index in [0.717, 1.165) is 0 Å². The summed E-state index contributed by atoms with van der Waals surface area (Å²) in [7, 11) is 0. The van der Waals surface area contributed by atoms with Crippen molar-refractivity contribution in [2.45, 2.75) is 38.3 Å². The summed E-state index contributed by atoms with van der Waals surface area (Å²) >= 11 is 0. The van der Waals surface area contributed by atoms with Gasteiger partial charge in [-0.25, -0.2) is 9.59 Å². The van der Waals surface area contributed by atoms with Crippen LogP contribution in [-0.4, -0.2) is 61.5 Å². The number of ether oxygens (including phenoxy) is 6. The minimum atomic E-state index is -0.669. The summed E-state index contributed by atoms with van der Waals surface area (Å²) in [5, 5.41) is 0. The second-order valence-corrected chi connectivity index (χ2v) is 7.72. The molecule has 4 rings (SSSR count). The smallest absolute Gasteiger partial charge is 0.338 e. The van der Waals surface area contributed by atoms with Crippen LogP contribution in [0.2, 0.25) is 0 Å². The van der Waals surface area contributed by atoms with Crippen molar-refractivity contribution in [3.8, 4) is 11.5 Å². The average molecular weight is 470 g/mol. The zero-order valence-electron chi connectivity index (χ0n) is 18.4. The molecule has 0 aliphatic carbocycles. The molecule has 2 aliphatic rings. The third-order valence-electron chi connectivity index (χ3n) is 5.18. The third kappa shape index (κ3) is 5.41. The van der Waals surface area contributed by atoms with E-state index in [9.17, 15) is 19.2 Å². The third-order valence-corrected chi connectivity index (χ3v) is 5.18. The van der Waals surface area contributed by atoms with E-state index in [0.29, 0.717) is 11.5 Å². The van der Waals surface area contributed by atoms with Gasteiger partial charge in [0.25, 0.3) is 0 Å². The monoisotopic (exact) mass is 470 g/mol. The largest absolute Gasteiger partial charge is 0.453 e. The molecule has 2 saturated heterocycles. The minimum Gasteiger partial charge on any atom is -0.453 e. The standard InChI is InChI=1S/C24H22O10/c1-13(25)31-17-7-3-15(4-8-17)23(27)33-19-11-29-22-20(12-30-21(19)22)34-24(28)16-5-9-18(10-6-16)32-14(2)26/h3-10,19-22H,11-12H2,1-2H3/t19-,20+,21-,22-/m1/s1. The molecule has 0 aromatic heterocycles. The summed E-state index contributed by atoms with van der Waals surface area (Å²) in [5.74, 6) is -1.45. The Morgan fingerprint density at radius 1 is 0.647 bits per heavy atom. The minimum absolute atomic E-state index is 0.0950. The molecule has 2 aliphatic heterocycles. The van der Waals surface area contributed by atoms with Crippen molar-refractivity contribution >= 4 is 23.9 Å². The Balaban J connectivity index is 1.31. The molecule has 0 unspecified atom stereocenters. The fourth-order valence-electron chi connectivity index (χ4n) is 3.69. The Kier molecular flexibility index (Phi) is 6.90. The van der Waals surface area contributed by atoms with E-state index in [1.54, 1.807) is 0 Å². The molecule has 0 amide bonds. The molecule has 0 saturated carbocycles. The fraction of sp³-hybridized carbons (Fsp3) is 0.333.